The van der Waals surface area contributed by atoms with Crippen LogP contribution in [-0.4, -0.2) is 55.7 Å². The van der Waals surface area contributed by atoms with E-state index in [1.54, 1.807) is 29.2 Å². The highest BCUT2D eigenvalue weighted by Crippen LogP contribution is 2.20. The topological polar surface area (TPSA) is 80.8 Å². The van der Waals surface area contributed by atoms with E-state index >= 15 is 0 Å². The van der Waals surface area contributed by atoms with Gasteiger partial charge in [0.25, 0.3) is 5.91 Å². The maximum atomic E-state index is 13.0. The Kier molecular flexibility index (Phi) is 6.87. The number of rotatable bonds is 8. The fourth-order valence-corrected chi connectivity index (χ4v) is 5.20. The Labute approximate surface area is 175 Å². The van der Waals surface area contributed by atoms with Crippen LogP contribution < -0.4 is 4.74 Å². The maximum absolute atomic E-state index is 13.0. The number of nitrogens with zero attached hydrogens (tertiary/aromatic N) is 1. The Hall–Kier alpha value is -2.74. The minimum Gasteiger partial charge on any atom is -0.484 e. The van der Waals surface area contributed by atoms with Crippen LogP contribution in [0.3, 0.4) is 0 Å². The molecule has 3 rings (SSSR count). The number of amides is 1. The maximum Gasteiger partial charge on any atom is 0.260 e. The first kappa shape index (κ1) is 22.0. The van der Waals surface area contributed by atoms with Crippen molar-refractivity contribution in [3.05, 3.63) is 65.5 Å². The number of halogens is 1. The summed E-state index contributed by atoms with van der Waals surface area (Å²) >= 11 is 0. The summed E-state index contributed by atoms with van der Waals surface area (Å²) in [7, 11) is -3.09. The zero-order valence-corrected chi connectivity index (χ0v) is 17.5. The lowest BCUT2D eigenvalue weighted by Crippen LogP contribution is -2.44. The van der Waals surface area contributed by atoms with E-state index in [0.29, 0.717) is 29.8 Å². The van der Waals surface area contributed by atoms with Crippen molar-refractivity contribution >= 4 is 21.5 Å². The van der Waals surface area contributed by atoms with Crippen LogP contribution in [0.25, 0.3) is 0 Å². The van der Waals surface area contributed by atoms with Crippen LogP contribution >= 0.6 is 0 Å². The summed E-state index contributed by atoms with van der Waals surface area (Å²) in [5, 5.41) is 0. The van der Waals surface area contributed by atoms with Gasteiger partial charge in [-0.15, -0.1) is 0 Å². The second-order valence-corrected chi connectivity index (χ2v) is 9.52. The summed E-state index contributed by atoms with van der Waals surface area (Å²) in [4.78, 5) is 26.6. The fraction of sp³-hybridized carbons (Fsp3) is 0.364. The highest BCUT2D eigenvalue weighted by atomic mass is 32.2. The highest BCUT2D eigenvalue weighted by Gasteiger charge is 2.34. The number of carbonyl (C=O) groups is 2. The molecule has 30 heavy (non-hydrogen) atoms. The van der Waals surface area contributed by atoms with E-state index in [9.17, 15) is 22.4 Å². The molecule has 160 valence electrons. The average molecular weight is 434 g/mol. The number of carbonyl (C=O) groups excluding carboxylic acids is 2. The SMILES string of the molecule is CCCN(C(=O)COc1ccc(C(=O)c2ccc(F)cc2)cc1)C1CCS(=O)(=O)C1. The zero-order chi connectivity index (χ0) is 21.7. The molecular formula is C22H24FNO5S. The van der Waals surface area contributed by atoms with Crippen molar-refractivity contribution in [2.75, 3.05) is 24.7 Å². The standard InChI is InChI=1S/C22H24FNO5S/c1-2-12-24(19-11-13-30(27,28)15-19)21(25)14-29-20-9-5-17(6-10-20)22(26)16-3-7-18(23)8-4-16/h3-10,19H,2,11-15H2,1H3. The van der Waals surface area contributed by atoms with Gasteiger partial charge in [-0.2, -0.15) is 0 Å². The van der Waals surface area contributed by atoms with Gasteiger partial charge < -0.3 is 9.64 Å². The van der Waals surface area contributed by atoms with Crippen LogP contribution in [0.15, 0.2) is 48.5 Å². The van der Waals surface area contributed by atoms with E-state index in [0.717, 1.165) is 6.42 Å². The molecule has 0 aromatic heterocycles. The molecule has 2 aromatic carbocycles. The van der Waals surface area contributed by atoms with Crippen LogP contribution in [0.5, 0.6) is 5.75 Å². The molecule has 0 N–H and O–H groups in total. The lowest BCUT2D eigenvalue weighted by Gasteiger charge is -2.27. The molecule has 0 radical (unpaired) electrons. The van der Waals surface area contributed by atoms with Crippen LogP contribution in [0.2, 0.25) is 0 Å². The van der Waals surface area contributed by atoms with E-state index in [-0.39, 0.29) is 35.8 Å². The number of sulfone groups is 1. The fourth-order valence-electron chi connectivity index (χ4n) is 3.47. The van der Waals surface area contributed by atoms with Crippen molar-refractivity contribution < 1.29 is 27.1 Å². The first-order chi connectivity index (χ1) is 14.3. The van der Waals surface area contributed by atoms with Gasteiger partial charge in [0, 0.05) is 23.7 Å². The van der Waals surface area contributed by atoms with E-state index in [1.165, 1.54) is 24.3 Å². The Morgan fingerprint density at radius 2 is 1.67 bits per heavy atom. The third-order valence-electron chi connectivity index (χ3n) is 5.02. The molecule has 1 fully saturated rings. The first-order valence-electron chi connectivity index (χ1n) is 9.82. The molecule has 1 aliphatic heterocycles. The minimum absolute atomic E-state index is 0.00106. The number of hydrogen-bond acceptors (Lipinski definition) is 5. The second kappa shape index (κ2) is 9.38. The molecular weight excluding hydrogens is 409 g/mol. The van der Waals surface area contributed by atoms with Crippen LogP contribution in [-0.2, 0) is 14.6 Å². The van der Waals surface area contributed by atoms with E-state index in [2.05, 4.69) is 0 Å². The number of hydrogen-bond donors (Lipinski definition) is 0. The van der Waals surface area contributed by atoms with E-state index in [4.69, 9.17) is 4.74 Å². The monoisotopic (exact) mass is 433 g/mol. The smallest absolute Gasteiger partial charge is 0.260 e. The predicted octanol–water partition coefficient (Wildman–Crippen LogP) is 2.86. The van der Waals surface area contributed by atoms with Crippen molar-refractivity contribution in [2.45, 2.75) is 25.8 Å². The molecule has 0 aliphatic carbocycles. The van der Waals surface area contributed by atoms with Gasteiger partial charge in [0.05, 0.1) is 11.5 Å². The average Bonchev–Trinajstić information content (AvgIpc) is 3.10. The summed E-state index contributed by atoms with van der Waals surface area (Å²) in [5.74, 6) is -0.379. The molecule has 1 saturated heterocycles. The van der Waals surface area contributed by atoms with Gasteiger partial charge in [0.1, 0.15) is 11.6 Å². The molecule has 6 nitrogen and oxygen atoms in total. The lowest BCUT2D eigenvalue weighted by molar-refractivity contribution is -0.135. The quantitative estimate of drug-likeness (QED) is 0.598. The number of ketones is 1. The first-order valence-corrected chi connectivity index (χ1v) is 11.6. The summed E-state index contributed by atoms with van der Waals surface area (Å²) in [6.07, 6.45) is 1.18. The number of ether oxygens (including phenoxy) is 1. The summed E-state index contributed by atoms with van der Waals surface area (Å²) in [6.45, 7) is 2.21. The van der Waals surface area contributed by atoms with E-state index < -0.39 is 15.7 Å². The molecule has 0 saturated carbocycles. The largest absolute Gasteiger partial charge is 0.484 e. The summed E-state index contributed by atoms with van der Waals surface area (Å²) < 4.78 is 42.1. The molecule has 1 amide bonds. The van der Waals surface area contributed by atoms with Crippen molar-refractivity contribution in [2.24, 2.45) is 0 Å². The van der Waals surface area contributed by atoms with Crippen molar-refractivity contribution in [3.63, 3.8) is 0 Å². The van der Waals surface area contributed by atoms with Gasteiger partial charge in [0.2, 0.25) is 0 Å². The zero-order valence-electron chi connectivity index (χ0n) is 16.7. The Morgan fingerprint density at radius 1 is 1.07 bits per heavy atom. The lowest BCUT2D eigenvalue weighted by atomic mass is 10.0. The van der Waals surface area contributed by atoms with Gasteiger partial charge in [-0.1, -0.05) is 6.92 Å². The summed E-state index contributed by atoms with van der Waals surface area (Å²) in [5.41, 5.74) is 0.797. The molecule has 8 heteroatoms. The van der Waals surface area contributed by atoms with Gasteiger partial charge in [-0.25, -0.2) is 12.8 Å². The third kappa shape index (κ3) is 5.44. The van der Waals surface area contributed by atoms with Gasteiger partial charge in [-0.05, 0) is 61.4 Å². The van der Waals surface area contributed by atoms with Gasteiger partial charge >= 0.3 is 0 Å². The van der Waals surface area contributed by atoms with Gasteiger partial charge in [0.15, 0.2) is 22.2 Å². The van der Waals surface area contributed by atoms with Gasteiger partial charge in [-0.3, -0.25) is 9.59 Å². The van der Waals surface area contributed by atoms with Crippen molar-refractivity contribution in [1.29, 1.82) is 0 Å². The second-order valence-electron chi connectivity index (χ2n) is 7.29. The minimum atomic E-state index is -3.09. The van der Waals surface area contributed by atoms with Crippen LogP contribution in [0.4, 0.5) is 4.39 Å². The molecule has 1 heterocycles. The third-order valence-corrected chi connectivity index (χ3v) is 6.77. The Bertz CT molecular complexity index is 1000. The molecule has 1 aliphatic rings. The number of benzene rings is 2. The molecule has 0 spiro atoms. The summed E-state index contributed by atoms with van der Waals surface area (Å²) in [6, 6.07) is 11.3. The predicted molar refractivity (Wildman–Crippen MR) is 111 cm³/mol. The Balaban J connectivity index is 1.60. The molecule has 0 bridgehead atoms. The van der Waals surface area contributed by atoms with E-state index in [1.807, 2.05) is 6.92 Å². The van der Waals surface area contributed by atoms with Crippen molar-refractivity contribution in [1.82, 2.24) is 4.90 Å². The highest BCUT2D eigenvalue weighted by molar-refractivity contribution is 7.91. The van der Waals surface area contributed by atoms with Crippen LogP contribution in [0.1, 0.15) is 35.7 Å². The molecule has 1 atom stereocenters. The molecule has 1 unspecified atom stereocenters. The van der Waals surface area contributed by atoms with Crippen LogP contribution in [0, 0.1) is 5.82 Å². The Morgan fingerprint density at radius 3 is 2.20 bits per heavy atom. The normalized spacial score (nSPS) is 17.5. The van der Waals surface area contributed by atoms with Crippen molar-refractivity contribution in [3.8, 4) is 5.75 Å². The molecule has 2 aromatic rings.